The Bertz CT molecular complexity index is 590. The first-order valence-corrected chi connectivity index (χ1v) is 8.65. The highest BCUT2D eigenvalue weighted by Gasteiger charge is 2.48. The number of fused-ring (bicyclic) bond motifs is 1. The maximum atomic E-state index is 13.0. The molecule has 3 unspecified atom stereocenters. The number of H-pyrrole nitrogens is 1. The first-order chi connectivity index (χ1) is 9.46. The molecule has 1 aromatic heterocycles. The predicted molar refractivity (Wildman–Crippen MR) is 75.9 cm³/mol. The van der Waals surface area contributed by atoms with Crippen LogP contribution in [-0.4, -0.2) is 48.6 Å². The fourth-order valence-corrected chi connectivity index (χ4v) is 5.94. The minimum Gasteiger partial charge on any atom is -0.316 e. The van der Waals surface area contributed by atoms with Gasteiger partial charge >= 0.3 is 0 Å². The van der Waals surface area contributed by atoms with Crippen molar-refractivity contribution >= 4 is 10.0 Å². The summed E-state index contributed by atoms with van der Waals surface area (Å²) in [6.07, 6.45) is 0.859. The van der Waals surface area contributed by atoms with E-state index in [0.717, 1.165) is 19.5 Å². The lowest BCUT2D eigenvalue weighted by atomic mass is 9.93. The van der Waals surface area contributed by atoms with Gasteiger partial charge in [-0.2, -0.15) is 9.40 Å². The molecule has 1 aromatic rings. The number of aromatic nitrogens is 2. The van der Waals surface area contributed by atoms with Crippen LogP contribution in [0.15, 0.2) is 4.90 Å². The number of hydrogen-bond acceptors (Lipinski definition) is 4. The molecule has 3 rings (SSSR count). The molecule has 0 amide bonds. The van der Waals surface area contributed by atoms with Gasteiger partial charge in [-0.15, -0.1) is 0 Å². The van der Waals surface area contributed by atoms with E-state index in [4.69, 9.17) is 0 Å². The molecule has 3 heterocycles. The molecular weight excluding hydrogens is 276 g/mol. The molecule has 2 aliphatic rings. The van der Waals surface area contributed by atoms with Crippen molar-refractivity contribution in [3.8, 4) is 0 Å². The van der Waals surface area contributed by atoms with E-state index in [1.807, 2.05) is 0 Å². The van der Waals surface area contributed by atoms with Crippen molar-refractivity contribution in [1.29, 1.82) is 0 Å². The van der Waals surface area contributed by atoms with Crippen LogP contribution in [-0.2, 0) is 10.0 Å². The van der Waals surface area contributed by atoms with Crippen LogP contribution in [0.25, 0.3) is 0 Å². The Hall–Kier alpha value is -0.920. The van der Waals surface area contributed by atoms with E-state index in [-0.39, 0.29) is 6.04 Å². The molecule has 0 radical (unpaired) electrons. The van der Waals surface area contributed by atoms with Gasteiger partial charge in [-0.3, -0.25) is 5.10 Å². The smallest absolute Gasteiger partial charge is 0.247 e. The second kappa shape index (κ2) is 4.82. The topological polar surface area (TPSA) is 78.1 Å². The van der Waals surface area contributed by atoms with E-state index >= 15 is 0 Å². The summed E-state index contributed by atoms with van der Waals surface area (Å²) in [6, 6.07) is 0.105. The third-order valence-corrected chi connectivity index (χ3v) is 6.87. The van der Waals surface area contributed by atoms with Gasteiger partial charge in [0.2, 0.25) is 10.0 Å². The Balaban J connectivity index is 2.00. The van der Waals surface area contributed by atoms with Crippen LogP contribution < -0.4 is 5.32 Å². The molecule has 0 aromatic carbocycles. The molecule has 112 valence electrons. The monoisotopic (exact) mass is 298 g/mol. The maximum absolute atomic E-state index is 13.0. The Kier molecular flexibility index (Phi) is 3.38. The lowest BCUT2D eigenvalue weighted by Crippen LogP contribution is -2.39. The summed E-state index contributed by atoms with van der Waals surface area (Å²) in [5.41, 5.74) is 1.19. The summed E-state index contributed by atoms with van der Waals surface area (Å²) in [7, 11) is -3.45. The van der Waals surface area contributed by atoms with Crippen molar-refractivity contribution in [2.75, 3.05) is 19.6 Å². The van der Waals surface area contributed by atoms with Crippen molar-refractivity contribution in [2.45, 2.75) is 38.1 Å². The number of nitrogens with one attached hydrogen (secondary N) is 2. The van der Waals surface area contributed by atoms with E-state index < -0.39 is 10.0 Å². The van der Waals surface area contributed by atoms with Crippen molar-refractivity contribution in [1.82, 2.24) is 19.8 Å². The molecule has 0 bridgehead atoms. The third kappa shape index (κ3) is 1.91. The first kappa shape index (κ1) is 14.0. The van der Waals surface area contributed by atoms with Crippen LogP contribution >= 0.6 is 0 Å². The fraction of sp³-hybridized carbons (Fsp3) is 0.769. The standard InChI is InChI=1S/C13H22N4O2S/c1-4-12-11-6-14-5-10(11)7-17(12)20(18,19)13-8(2)15-16-9(13)3/h10-12,14H,4-7H2,1-3H3,(H,15,16). The maximum Gasteiger partial charge on any atom is 0.247 e. The molecule has 2 saturated heterocycles. The number of nitrogens with zero attached hydrogens (tertiary/aromatic N) is 2. The van der Waals surface area contributed by atoms with Crippen LogP contribution in [0.1, 0.15) is 24.7 Å². The average molecular weight is 298 g/mol. The van der Waals surface area contributed by atoms with E-state index in [1.165, 1.54) is 0 Å². The molecule has 7 heteroatoms. The number of sulfonamides is 1. The lowest BCUT2D eigenvalue weighted by molar-refractivity contribution is 0.328. The summed E-state index contributed by atoms with van der Waals surface area (Å²) in [5.74, 6) is 0.893. The fourth-order valence-electron chi connectivity index (χ4n) is 3.80. The molecule has 6 nitrogen and oxygen atoms in total. The number of aromatic amines is 1. The molecule has 0 saturated carbocycles. The molecule has 0 aliphatic carbocycles. The van der Waals surface area contributed by atoms with Crippen molar-refractivity contribution in [3.05, 3.63) is 11.4 Å². The Morgan fingerprint density at radius 2 is 2.10 bits per heavy atom. The van der Waals surface area contributed by atoms with E-state index in [1.54, 1.807) is 18.2 Å². The van der Waals surface area contributed by atoms with Gasteiger partial charge in [-0.1, -0.05) is 6.92 Å². The van der Waals surface area contributed by atoms with E-state index in [0.29, 0.717) is 34.7 Å². The largest absolute Gasteiger partial charge is 0.316 e. The Morgan fingerprint density at radius 1 is 1.35 bits per heavy atom. The van der Waals surface area contributed by atoms with Gasteiger partial charge in [-0.05, 0) is 45.2 Å². The van der Waals surface area contributed by atoms with E-state index in [9.17, 15) is 8.42 Å². The summed E-state index contributed by atoms with van der Waals surface area (Å²) < 4.78 is 27.7. The second-order valence-corrected chi connectivity index (χ2v) is 7.72. The van der Waals surface area contributed by atoms with Crippen LogP contribution in [0.5, 0.6) is 0 Å². The van der Waals surface area contributed by atoms with Gasteiger partial charge in [0.15, 0.2) is 0 Å². The first-order valence-electron chi connectivity index (χ1n) is 7.21. The van der Waals surface area contributed by atoms with Gasteiger partial charge in [0.05, 0.1) is 11.4 Å². The summed E-state index contributed by atoms with van der Waals surface area (Å²) >= 11 is 0. The van der Waals surface area contributed by atoms with Crippen LogP contribution in [0.2, 0.25) is 0 Å². The number of hydrogen-bond donors (Lipinski definition) is 2. The Labute approximate surface area is 120 Å². The molecule has 3 atom stereocenters. The van der Waals surface area contributed by atoms with Gasteiger partial charge in [-0.25, -0.2) is 8.42 Å². The van der Waals surface area contributed by atoms with E-state index in [2.05, 4.69) is 22.4 Å². The van der Waals surface area contributed by atoms with Gasteiger partial charge in [0.25, 0.3) is 0 Å². The third-order valence-electron chi connectivity index (χ3n) is 4.72. The zero-order valence-electron chi connectivity index (χ0n) is 12.2. The number of rotatable bonds is 3. The lowest BCUT2D eigenvalue weighted by Gasteiger charge is -2.26. The van der Waals surface area contributed by atoms with Crippen LogP contribution in [0, 0.1) is 25.7 Å². The highest BCUT2D eigenvalue weighted by atomic mass is 32.2. The minimum absolute atomic E-state index is 0.105. The van der Waals surface area contributed by atoms with Gasteiger partial charge in [0.1, 0.15) is 4.90 Å². The molecule has 2 N–H and O–H groups in total. The zero-order valence-corrected chi connectivity index (χ0v) is 13.0. The van der Waals surface area contributed by atoms with Crippen molar-refractivity contribution in [3.63, 3.8) is 0 Å². The highest BCUT2D eigenvalue weighted by Crippen LogP contribution is 2.38. The van der Waals surface area contributed by atoms with Crippen LogP contribution in [0.3, 0.4) is 0 Å². The predicted octanol–water partition coefficient (Wildman–Crippen LogP) is 0.645. The SMILES string of the molecule is CCC1C2CNCC2CN1S(=O)(=O)c1c(C)n[nH]c1C. The van der Waals surface area contributed by atoms with Crippen LogP contribution in [0.4, 0.5) is 0 Å². The highest BCUT2D eigenvalue weighted by molar-refractivity contribution is 7.89. The van der Waals surface area contributed by atoms with Gasteiger partial charge < -0.3 is 5.32 Å². The quantitative estimate of drug-likeness (QED) is 0.858. The molecule has 2 aliphatic heterocycles. The summed E-state index contributed by atoms with van der Waals surface area (Å²) in [6.45, 7) is 8.07. The van der Waals surface area contributed by atoms with Crippen molar-refractivity contribution < 1.29 is 8.42 Å². The van der Waals surface area contributed by atoms with Crippen molar-refractivity contribution in [2.24, 2.45) is 11.8 Å². The number of aryl methyl sites for hydroxylation is 2. The molecular formula is C13H22N4O2S. The second-order valence-electron chi connectivity index (χ2n) is 5.90. The zero-order chi connectivity index (χ0) is 14.5. The summed E-state index contributed by atoms with van der Waals surface area (Å²) in [5, 5.41) is 10.2. The molecule has 0 spiro atoms. The summed E-state index contributed by atoms with van der Waals surface area (Å²) in [4.78, 5) is 0.365. The average Bonchev–Trinajstić information content (AvgIpc) is 3.03. The minimum atomic E-state index is -3.45. The normalized spacial score (nSPS) is 30.9. The Morgan fingerprint density at radius 3 is 2.70 bits per heavy atom. The molecule has 20 heavy (non-hydrogen) atoms. The van der Waals surface area contributed by atoms with Gasteiger partial charge in [0, 0.05) is 12.6 Å². The molecule has 2 fully saturated rings.